The summed E-state index contributed by atoms with van der Waals surface area (Å²) in [7, 11) is 1.31. The number of piperazine rings is 1. The predicted molar refractivity (Wildman–Crippen MR) is 98.5 cm³/mol. The number of carbonyl (C=O) groups is 2. The minimum absolute atomic E-state index is 0.121. The van der Waals surface area contributed by atoms with E-state index in [0.717, 1.165) is 0 Å². The molecule has 3 rings (SSSR count). The quantitative estimate of drug-likeness (QED) is 0.754. The van der Waals surface area contributed by atoms with Gasteiger partial charge in [0.25, 0.3) is 5.91 Å². The topological polar surface area (TPSA) is 59.1 Å². The third-order valence-electron chi connectivity index (χ3n) is 4.44. The van der Waals surface area contributed by atoms with Gasteiger partial charge in [0.15, 0.2) is 6.61 Å². The third-order valence-corrected chi connectivity index (χ3v) is 4.44. The van der Waals surface area contributed by atoms with E-state index in [1.165, 1.54) is 19.2 Å². The third kappa shape index (κ3) is 4.55. The molecular formula is C20H21FN2O4. The van der Waals surface area contributed by atoms with Crippen LogP contribution in [0.5, 0.6) is 5.75 Å². The van der Waals surface area contributed by atoms with Crippen molar-refractivity contribution >= 4 is 17.6 Å². The standard InChI is InChI=1S/C20H21FN2O4/c1-26-20(25)15-5-4-6-16(13-15)27-14-19(24)23-11-9-22(10-12-23)18-8-3-2-7-17(18)21/h2-8,13H,9-12,14H2,1H3. The van der Waals surface area contributed by atoms with Crippen molar-refractivity contribution in [3.8, 4) is 5.75 Å². The lowest BCUT2D eigenvalue weighted by Gasteiger charge is -2.36. The summed E-state index contributed by atoms with van der Waals surface area (Å²) >= 11 is 0. The van der Waals surface area contributed by atoms with E-state index in [1.54, 1.807) is 41.3 Å². The number of halogens is 1. The zero-order chi connectivity index (χ0) is 19.2. The first kappa shape index (κ1) is 18.7. The van der Waals surface area contributed by atoms with Gasteiger partial charge in [0.05, 0.1) is 18.4 Å². The van der Waals surface area contributed by atoms with Crippen molar-refractivity contribution < 1.29 is 23.5 Å². The summed E-state index contributed by atoms with van der Waals surface area (Å²) in [4.78, 5) is 27.5. The van der Waals surface area contributed by atoms with Crippen LogP contribution in [0.25, 0.3) is 0 Å². The van der Waals surface area contributed by atoms with Crippen LogP contribution in [0.2, 0.25) is 0 Å². The molecule has 0 atom stereocenters. The Labute approximate surface area is 157 Å². The van der Waals surface area contributed by atoms with Gasteiger partial charge in [0.2, 0.25) is 0 Å². The van der Waals surface area contributed by atoms with E-state index in [9.17, 15) is 14.0 Å². The van der Waals surface area contributed by atoms with E-state index >= 15 is 0 Å². The Morgan fingerprint density at radius 1 is 1.04 bits per heavy atom. The van der Waals surface area contributed by atoms with Crippen LogP contribution in [0.15, 0.2) is 48.5 Å². The van der Waals surface area contributed by atoms with Gasteiger partial charge in [-0.25, -0.2) is 9.18 Å². The lowest BCUT2D eigenvalue weighted by atomic mass is 10.2. The summed E-state index contributed by atoms with van der Waals surface area (Å²) in [6.07, 6.45) is 0. The number of ether oxygens (including phenoxy) is 2. The van der Waals surface area contributed by atoms with E-state index < -0.39 is 5.97 Å². The van der Waals surface area contributed by atoms with E-state index in [-0.39, 0.29) is 18.3 Å². The number of hydrogen-bond acceptors (Lipinski definition) is 5. The summed E-state index contributed by atoms with van der Waals surface area (Å²) in [5.41, 5.74) is 0.918. The van der Waals surface area contributed by atoms with Gasteiger partial charge in [-0.05, 0) is 30.3 Å². The first-order valence-corrected chi connectivity index (χ1v) is 8.67. The smallest absolute Gasteiger partial charge is 0.337 e. The second-order valence-corrected chi connectivity index (χ2v) is 6.13. The monoisotopic (exact) mass is 372 g/mol. The van der Waals surface area contributed by atoms with Gasteiger partial charge >= 0.3 is 5.97 Å². The molecule has 142 valence electrons. The number of para-hydroxylation sites is 1. The lowest BCUT2D eigenvalue weighted by molar-refractivity contribution is -0.133. The second-order valence-electron chi connectivity index (χ2n) is 6.13. The molecule has 1 aliphatic heterocycles. The Bertz CT molecular complexity index is 819. The Morgan fingerprint density at radius 2 is 1.78 bits per heavy atom. The van der Waals surface area contributed by atoms with E-state index in [2.05, 4.69) is 4.74 Å². The summed E-state index contributed by atoms with van der Waals surface area (Å²) in [6, 6.07) is 13.1. The molecule has 2 aromatic carbocycles. The maximum absolute atomic E-state index is 13.9. The molecule has 0 radical (unpaired) electrons. The average Bonchev–Trinajstić information content (AvgIpc) is 2.72. The lowest BCUT2D eigenvalue weighted by Crippen LogP contribution is -2.50. The highest BCUT2D eigenvalue weighted by Crippen LogP contribution is 2.20. The predicted octanol–water partition coefficient (Wildman–Crippen LogP) is 2.34. The second kappa shape index (κ2) is 8.53. The van der Waals surface area contributed by atoms with E-state index in [1.807, 2.05) is 4.90 Å². The van der Waals surface area contributed by atoms with Crippen molar-refractivity contribution in [3.05, 3.63) is 59.9 Å². The zero-order valence-corrected chi connectivity index (χ0v) is 15.1. The maximum atomic E-state index is 13.9. The molecule has 1 amide bonds. The van der Waals surface area contributed by atoms with Crippen LogP contribution >= 0.6 is 0 Å². The number of rotatable bonds is 5. The Morgan fingerprint density at radius 3 is 2.48 bits per heavy atom. The fraction of sp³-hybridized carbons (Fsp3) is 0.300. The van der Waals surface area contributed by atoms with Crippen LogP contribution < -0.4 is 9.64 Å². The molecule has 1 saturated heterocycles. The van der Waals surface area contributed by atoms with Gasteiger partial charge < -0.3 is 19.3 Å². The Balaban J connectivity index is 1.51. The minimum Gasteiger partial charge on any atom is -0.484 e. The molecule has 7 heteroatoms. The number of carbonyl (C=O) groups excluding carboxylic acids is 2. The fourth-order valence-corrected chi connectivity index (χ4v) is 2.97. The zero-order valence-electron chi connectivity index (χ0n) is 15.1. The van der Waals surface area contributed by atoms with Crippen molar-refractivity contribution in [1.82, 2.24) is 4.90 Å². The molecule has 6 nitrogen and oxygen atoms in total. The number of nitrogens with zero attached hydrogens (tertiary/aromatic N) is 2. The summed E-state index contributed by atoms with van der Waals surface area (Å²) in [5.74, 6) is -0.440. The molecule has 27 heavy (non-hydrogen) atoms. The van der Waals surface area contributed by atoms with Crippen molar-refractivity contribution in [2.24, 2.45) is 0 Å². The van der Waals surface area contributed by atoms with Crippen molar-refractivity contribution in [1.29, 1.82) is 0 Å². The molecule has 0 unspecified atom stereocenters. The molecule has 0 spiro atoms. The minimum atomic E-state index is -0.462. The Kier molecular flexibility index (Phi) is 5.90. The molecule has 1 heterocycles. The highest BCUT2D eigenvalue weighted by molar-refractivity contribution is 5.89. The molecule has 0 N–H and O–H groups in total. The SMILES string of the molecule is COC(=O)c1cccc(OCC(=O)N2CCN(c3ccccc3F)CC2)c1. The first-order valence-electron chi connectivity index (χ1n) is 8.67. The van der Waals surface area contributed by atoms with Crippen molar-refractivity contribution in [3.63, 3.8) is 0 Å². The van der Waals surface area contributed by atoms with E-state index in [4.69, 9.17) is 4.74 Å². The number of amides is 1. The van der Waals surface area contributed by atoms with Crippen LogP contribution in [-0.2, 0) is 9.53 Å². The number of esters is 1. The van der Waals surface area contributed by atoms with Crippen LogP contribution in [0.4, 0.5) is 10.1 Å². The summed E-state index contributed by atoms with van der Waals surface area (Å²) in [6.45, 7) is 2.00. The number of hydrogen-bond donors (Lipinski definition) is 0. The van der Waals surface area contributed by atoms with Gasteiger partial charge in [-0.3, -0.25) is 4.79 Å². The van der Waals surface area contributed by atoms with Crippen molar-refractivity contribution in [2.45, 2.75) is 0 Å². The van der Waals surface area contributed by atoms with E-state index in [0.29, 0.717) is 43.2 Å². The molecule has 1 aliphatic rings. The molecule has 0 aliphatic carbocycles. The molecular weight excluding hydrogens is 351 g/mol. The van der Waals surface area contributed by atoms with Gasteiger partial charge in [-0.15, -0.1) is 0 Å². The van der Waals surface area contributed by atoms with Gasteiger partial charge in [0, 0.05) is 26.2 Å². The van der Waals surface area contributed by atoms with Crippen LogP contribution in [0.3, 0.4) is 0 Å². The molecule has 0 saturated carbocycles. The van der Waals surface area contributed by atoms with Gasteiger partial charge in [-0.1, -0.05) is 18.2 Å². The summed E-state index contributed by atoms with van der Waals surface area (Å²) in [5, 5.41) is 0. The van der Waals surface area contributed by atoms with Gasteiger partial charge in [0.1, 0.15) is 11.6 Å². The fourth-order valence-electron chi connectivity index (χ4n) is 2.97. The molecule has 1 fully saturated rings. The Hall–Kier alpha value is -3.09. The highest BCUT2D eigenvalue weighted by atomic mass is 19.1. The molecule has 0 aromatic heterocycles. The van der Waals surface area contributed by atoms with Crippen LogP contribution in [-0.4, -0.2) is 56.7 Å². The molecule has 2 aromatic rings. The molecule has 0 bridgehead atoms. The largest absolute Gasteiger partial charge is 0.484 e. The highest BCUT2D eigenvalue weighted by Gasteiger charge is 2.23. The number of benzene rings is 2. The van der Waals surface area contributed by atoms with Gasteiger partial charge in [-0.2, -0.15) is 0 Å². The van der Waals surface area contributed by atoms with Crippen LogP contribution in [0.1, 0.15) is 10.4 Å². The maximum Gasteiger partial charge on any atom is 0.337 e. The van der Waals surface area contributed by atoms with Crippen LogP contribution in [0, 0.1) is 5.82 Å². The normalized spacial score (nSPS) is 14.0. The number of anilines is 1. The average molecular weight is 372 g/mol. The van der Waals surface area contributed by atoms with Crippen molar-refractivity contribution in [2.75, 3.05) is 44.8 Å². The summed E-state index contributed by atoms with van der Waals surface area (Å²) < 4.78 is 24.1. The number of methoxy groups -OCH3 is 1. The first-order chi connectivity index (χ1) is 13.1.